The van der Waals surface area contributed by atoms with Gasteiger partial charge < -0.3 is 24.6 Å². The first kappa shape index (κ1) is 16.7. The van der Waals surface area contributed by atoms with Crippen LogP contribution in [0.25, 0.3) is 0 Å². The Hall–Kier alpha value is -2.26. The largest absolute Gasteiger partial charge is 0.569 e. The number of hydrazine groups is 1. The van der Waals surface area contributed by atoms with Crippen molar-refractivity contribution in [2.75, 3.05) is 20.4 Å². The van der Waals surface area contributed by atoms with E-state index in [-0.39, 0.29) is 4.97 Å². The fraction of sp³-hybridized carbons (Fsp3) is 0.778. The number of nitrogens with zero attached hydrogens (tertiary/aromatic N) is 3. The quantitative estimate of drug-likeness (QED) is 0.188. The van der Waals surface area contributed by atoms with Gasteiger partial charge in [-0.2, -0.15) is 0 Å². The standard InChI is InChI=1S/C9H17N3O7/c1-9(2,3)11(5-7(13)14)12(16)10-19-6-18-8(15)17-4/h5-6H2,1-4H3,(H,13,14)/b12-10-. The summed E-state index contributed by atoms with van der Waals surface area (Å²) in [6.07, 6.45) is -0.995. The van der Waals surface area contributed by atoms with Gasteiger partial charge in [-0.25, -0.2) is 4.79 Å². The molecule has 0 unspecified atom stereocenters. The summed E-state index contributed by atoms with van der Waals surface area (Å²) >= 11 is 0. The SMILES string of the molecule is COC(=O)OCO/N=[N+](\[O-])N(CC(=O)O)C(C)(C)C. The Bertz CT molecular complexity index is 350. The summed E-state index contributed by atoms with van der Waals surface area (Å²) < 4.78 is 8.46. The van der Waals surface area contributed by atoms with Crippen molar-refractivity contribution < 1.29 is 34.0 Å². The summed E-state index contributed by atoms with van der Waals surface area (Å²) in [5, 5.41) is 24.2. The zero-order valence-corrected chi connectivity index (χ0v) is 11.2. The van der Waals surface area contributed by atoms with Crippen molar-refractivity contribution in [1.82, 2.24) is 5.01 Å². The molecule has 0 amide bonds. The number of ether oxygens (including phenoxy) is 2. The van der Waals surface area contributed by atoms with Crippen LogP contribution in [0.2, 0.25) is 0 Å². The van der Waals surface area contributed by atoms with E-state index < -0.39 is 31.0 Å². The Kier molecular flexibility index (Phi) is 6.38. The van der Waals surface area contributed by atoms with E-state index in [1.165, 1.54) is 0 Å². The predicted octanol–water partition coefficient (Wildman–Crippen LogP) is 0.721. The third-order valence-electron chi connectivity index (χ3n) is 1.79. The van der Waals surface area contributed by atoms with Gasteiger partial charge in [0.05, 0.1) is 17.6 Å². The molecule has 0 saturated heterocycles. The van der Waals surface area contributed by atoms with Crippen LogP contribution in [0.3, 0.4) is 0 Å². The Morgan fingerprint density at radius 3 is 2.42 bits per heavy atom. The maximum atomic E-state index is 11.6. The molecule has 0 saturated carbocycles. The minimum absolute atomic E-state index is 0.0191. The highest BCUT2D eigenvalue weighted by molar-refractivity contribution is 5.68. The highest BCUT2D eigenvalue weighted by atomic mass is 16.8. The highest BCUT2D eigenvalue weighted by Crippen LogP contribution is 2.13. The Labute approximate surface area is 109 Å². The summed E-state index contributed by atoms with van der Waals surface area (Å²) in [6, 6.07) is 0. The van der Waals surface area contributed by atoms with Crippen molar-refractivity contribution in [3.05, 3.63) is 5.21 Å². The van der Waals surface area contributed by atoms with Gasteiger partial charge in [0.2, 0.25) is 5.28 Å². The van der Waals surface area contributed by atoms with Gasteiger partial charge in [0.15, 0.2) is 6.54 Å². The Morgan fingerprint density at radius 2 is 2.00 bits per heavy atom. The number of rotatable bonds is 6. The average molecular weight is 279 g/mol. The smallest absolute Gasteiger partial charge is 0.510 e. The fourth-order valence-electron chi connectivity index (χ4n) is 0.933. The number of methoxy groups -OCH3 is 1. The number of carbonyl (C=O) groups excluding carboxylic acids is 1. The molecule has 10 nitrogen and oxygen atoms in total. The predicted molar refractivity (Wildman–Crippen MR) is 59.6 cm³/mol. The number of aliphatic carboxylic acids is 1. The lowest BCUT2D eigenvalue weighted by atomic mass is 10.1. The zero-order chi connectivity index (χ0) is 15.1. The summed E-state index contributed by atoms with van der Waals surface area (Å²) in [5.74, 6) is -1.20. The van der Waals surface area contributed by atoms with E-state index in [1.807, 2.05) is 0 Å². The van der Waals surface area contributed by atoms with E-state index in [4.69, 9.17) is 5.11 Å². The van der Waals surface area contributed by atoms with E-state index in [1.54, 1.807) is 20.8 Å². The van der Waals surface area contributed by atoms with E-state index in [0.29, 0.717) is 0 Å². The molecule has 0 spiro atoms. The molecule has 0 radical (unpaired) electrons. The molecule has 0 aromatic rings. The molecular formula is C9H17N3O7. The number of hydrogen-bond acceptors (Lipinski definition) is 7. The van der Waals surface area contributed by atoms with Crippen molar-refractivity contribution in [1.29, 1.82) is 0 Å². The second-order valence-corrected chi connectivity index (χ2v) is 4.30. The number of carboxylic acid groups (broad SMARTS) is 1. The lowest BCUT2D eigenvalue weighted by Gasteiger charge is -2.28. The summed E-state index contributed by atoms with van der Waals surface area (Å²) in [6.45, 7) is 3.69. The van der Waals surface area contributed by atoms with Gasteiger partial charge in [-0.3, -0.25) is 4.79 Å². The van der Waals surface area contributed by atoms with Crippen LogP contribution < -0.4 is 0 Å². The lowest BCUT2D eigenvalue weighted by molar-refractivity contribution is -0.724. The molecule has 0 atom stereocenters. The molecule has 110 valence electrons. The molecular weight excluding hydrogens is 262 g/mol. The average Bonchev–Trinajstić information content (AvgIpc) is 2.29. The van der Waals surface area contributed by atoms with Crippen LogP contribution in [0.15, 0.2) is 5.28 Å². The normalized spacial score (nSPS) is 11.7. The lowest BCUT2D eigenvalue weighted by Crippen LogP contribution is -2.48. The molecule has 0 bridgehead atoms. The van der Waals surface area contributed by atoms with Crippen molar-refractivity contribution in [2.45, 2.75) is 26.3 Å². The third kappa shape index (κ3) is 6.91. The van der Waals surface area contributed by atoms with E-state index >= 15 is 0 Å². The van der Waals surface area contributed by atoms with Crippen LogP contribution in [0.1, 0.15) is 20.8 Å². The topological polar surface area (TPSA) is 124 Å². The minimum atomic E-state index is -1.20. The molecule has 0 heterocycles. The van der Waals surface area contributed by atoms with Crippen LogP contribution >= 0.6 is 0 Å². The maximum absolute atomic E-state index is 11.6. The van der Waals surface area contributed by atoms with Gasteiger partial charge in [0.25, 0.3) is 6.79 Å². The van der Waals surface area contributed by atoms with Gasteiger partial charge in [0.1, 0.15) is 0 Å². The van der Waals surface area contributed by atoms with Crippen LogP contribution in [0, 0.1) is 5.21 Å². The van der Waals surface area contributed by atoms with Crippen molar-refractivity contribution in [2.24, 2.45) is 5.28 Å². The van der Waals surface area contributed by atoms with Gasteiger partial charge in [-0.1, -0.05) is 0 Å². The van der Waals surface area contributed by atoms with Crippen LogP contribution in [-0.2, 0) is 19.1 Å². The molecule has 0 aromatic heterocycles. The van der Waals surface area contributed by atoms with Crippen LogP contribution in [0.5, 0.6) is 0 Å². The van der Waals surface area contributed by atoms with Gasteiger partial charge >= 0.3 is 12.1 Å². The molecule has 0 aromatic carbocycles. The molecule has 0 rings (SSSR count). The van der Waals surface area contributed by atoms with Crippen molar-refractivity contribution >= 4 is 12.1 Å². The van der Waals surface area contributed by atoms with E-state index in [9.17, 15) is 14.8 Å². The second-order valence-electron chi connectivity index (χ2n) is 4.30. The third-order valence-corrected chi connectivity index (χ3v) is 1.79. The van der Waals surface area contributed by atoms with Gasteiger partial charge in [-0.05, 0) is 20.8 Å². The van der Waals surface area contributed by atoms with Gasteiger partial charge in [-0.15, -0.1) is 5.01 Å². The summed E-state index contributed by atoms with van der Waals surface area (Å²) in [5.41, 5.74) is -0.782. The van der Waals surface area contributed by atoms with Crippen LogP contribution in [0.4, 0.5) is 4.79 Å². The Balaban J connectivity index is 4.50. The first-order chi connectivity index (χ1) is 8.68. The fourth-order valence-corrected chi connectivity index (χ4v) is 0.933. The van der Waals surface area contributed by atoms with E-state index in [2.05, 4.69) is 19.6 Å². The summed E-state index contributed by atoms with van der Waals surface area (Å²) in [4.78, 5) is 25.6. The first-order valence-corrected chi connectivity index (χ1v) is 5.18. The molecule has 0 aliphatic rings. The Morgan fingerprint density at radius 1 is 1.42 bits per heavy atom. The maximum Gasteiger partial charge on any atom is 0.510 e. The molecule has 19 heavy (non-hydrogen) atoms. The molecule has 0 aliphatic heterocycles. The second kappa shape index (κ2) is 7.24. The minimum Gasteiger partial charge on any atom is -0.569 e. The number of carbonyl (C=O) groups is 2. The van der Waals surface area contributed by atoms with Crippen molar-refractivity contribution in [3.63, 3.8) is 0 Å². The molecule has 0 aliphatic carbocycles. The number of hydrogen-bond donors (Lipinski definition) is 1. The highest BCUT2D eigenvalue weighted by Gasteiger charge is 2.31. The van der Waals surface area contributed by atoms with Gasteiger partial charge in [0, 0.05) is 0 Å². The zero-order valence-electron chi connectivity index (χ0n) is 11.2. The first-order valence-electron chi connectivity index (χ1n) is 5.18. The summed E-state index contributed by atoms with van der Waals surface area (Å²) in [7, 11) is 1.10. The molecule has 0 fully saturated rings. The van der Waals surface area contributed by atoms with Crippen LogP contribution in [-0.4, -0.2) is 53.2 Å². The monoisotopic (exact) mass is 279 g/mol. The molecule has 1 N–H and O–H groups in total. The van der Waals surface area contributed by atoms with E-state index in [0.717, 1.165) is 12.1 Å². The molecule has 10 heteroatoms. The van der Waals surface area contributed by atoms with Crippen molar-refractivity contribution in [3.8, 4) is 0 Å². The number of carboxylic acids is 1.